The summed E-state index contributed by atoms with van der Waals surface area (Å²) in [5.74, 6) is 0.171. The number of ether oxygens (including phenoxy) is 1. The van der Waals surface area contributed by atoms with Gasteiger partial charge in [0.05, 0.1) is 0 Å². The summed E-state index contributed by atoms with van der Waals surface area (Å²) in [7, 11) is 0. The number of hydrogen-bond donors (Lipinski definition) is 2. The molecule has 1 amide bonds. The Hall–Kier alpha value is -1.40. The first-order valence-electron chi connectivity index (χ1n) is 6.48. The first-order chi connectivity index (χ1) is 9.42. The van der Waals surface area contributed by atoms with E-state index in [1.807, 2.05) is 13.8 Å². The molecule has 1 aromatic rings. The Morgan fingerprint density at radius 1 is 1.29 bits per heavy atom. The van der Waals surface area contributed by atoms with Crippen molar-refractivity contribution in [2.45, 2.75) is 32.9 Å². The van der Waals surface area contributed by atoms with Crippen LogP contribution in [0.4, 0.5) is 8.78 Å². The van der Waals surface area contributed by atoms with E-state index in [9.17, 15) is 13.6 Å². The molecular formula is C14H21ClF2N2O2. The summed E-state index contributed by atoms with van der Waals surface area (Å²) in [6.45, 7) is 1.58. The average molecular weight is 323 g/mol. The Labute approximate surface area is 129 Å². The van der Waals surface area contributed by atoms with Gasteiger partial charge in [-0.3, -0.25) is 4.79 Å². The second-order valence-electron chi connectivity index (χ2n) is 4.94. The van der Waals surface area contributed by atoms with Crippen LogP contribution in [-0.2, 0) is 0 Å². The predicted octanol–water partition coefficient (Wildman–Crippen LogP) is 2.81. The number of benzene rings is 1. The molecule has 0 fully saturated rings. The van der Waals surface area contributed by atoms with E-state index < -0.39 is 6.61 Å². The van der Waals surface area contributed by atoms with Crippen LogP contribution < -0.4 is 15.8 Å². The molecule has 1 rings (SSSR count). The zero-order valence-corrected chi connectivity index (χ0v) is 12.8. The summed E-state index contributed by atoms with van der Waals surface area (Å²) in [5.41, 5.74) is 5.99. The molecule has 3 N–H and O–H groups in total. The van der Waals surface area contributed by atoms with Gasteiger partial charge in [-0.05, 0) is 36.6 Å². The SMILES string of the molecule is CC(C)CC(CN)NC(=O)c1ccc(OC(F)F)cc1.Cl. The number of nitrogens with one attached hydrogen (secondary N) is 1. The van der Waals surface area contributed by atoms with E-state index in [0.717, 1.165) is 6.42 Å². The summed E-state index contributed by atoms with van der Waals surface area (Å²) >= 11 is 0. The van der Waals surface area contributed by atoms with Crippen molar-refractivity contribution in [2.24, 2.45) is 11.7 Å². The van der Waals surface area contributed by atoms with Gasteiger partial charge >= 0.3 is 6.61 Å². The van der Waals surface area contributed by atoms with Crippen molar-refractivity contribution in [3.05, 3.63) is 29.8 Å². The third-order valence-electron chi connectivity index (χ3n) is 2.72. The first kappa shape index (κ1) is 19.6. The van der Waals surface area contributed by atoms with Crippen molar-refractivity contribution >= 4 is 18.3 Å². The number of hydrogen-bond acceptors (Lipinski definition) is 3. The van der Waals surface area contributed by atoms with Gasteiger partial charge in [-0.2, -0.15) is 8.78 Å². The molecule has 0 saturated carbocycles. The standard InChI is InChI=1S/C14H20F2N2O2.ClH/c1-9(2)7-11(8-17)18-13(19)10-3-5-12(6-4-10)20-14(15)16;/h3-6,9,11,14H,7-8,17H2,1-2H3,(H,18,19);1H. The molecule has 4 nitrogen and oxygen atoms in total. The third-order valence-corrected chi connectivity index (χ3v) is 2.72. The molecule has 0 aliphatic carbocycles. The van der Waals surface area contributed by atoms with E-state index in [1.165, 1.54) is 24.3 Å². The van der Waals surface area contributed by atoms with Gasteiger partial charge in [-0.25, -0.2) is 0 Å². The molecule has 1 unspecified atom stereocenters. The van der Waals surface area contributed by atoms with E-state index in [-0.39, 0.29) is 30.1 Å². The molecule has 0 aliphatic rings. The number of nitrogens with two attached hydrogens (primary N) is 1. The number of alkyl halides is 2. The first-order valence-corrected chi connectivity index (χ1v) is 6.48. The highest BCUT2D eigenvalue weighted by Crippen LogP contribution is 2.15. The molecule has 7 heteroatoms. The summed E-state index contributed by atoms with van der Waals surface area (Å²) in [6, 6.07) is 5.45. The minimum Gasteiger partial charge on any atom is -0.435 e. The largest absolute Gasteiger partial charge is 0.435 e. The Balaban J connectivity index is 0.00000400. The van der Waals surface area contributed by atoms with E-state index in [2.05, 4.69) is 10.1 Å². The van der Waals surface area contributed by atoms with Crippen LogP contribution in [0.3, 0.4) is 0 Å². The van der Waals surface area contributed by atoms with Crippen molar-refractivity contribution in [1.82, 2.24) is 5.32 Å². The number of halogens is 3. The second kappa shape index (κ2) is 9.52. The van der Waals surface area contributed by atoms with Crippen LogP contribution in [0.25, 0.3) is 0 Å². The maximum atomic E-state index is 12.0. The van der Waals surface area contributed by atoms with E-state index in [1.54, 1.807) is 0 Å². The van der Waals surface area contributed by atoms with Crippen LogP contribution in [0.15, 0.2) is 24.3 Å². The minimum absolute atomic E-state index is 0. The lowest BCUT2D eigenvalue weighted by atomic mass is 10.0. The molecule has 0 radical (unpaired) electrons. The van der Waals surface area contributed by atoms with Gasteiger partial charge in [0.1, 0.15) is 5.75 Å². The summed E-state index contributed by atoms with van der Waals surface area (Å²) in [5, 5.41) is 2.82. The quantitative estimate of drug-likeness (QED) is 0.811. The Morgan fingerprint density at radius 2 is 1.86 bits per heavy atom. The van der Waals surface area contributed by atoms with Gasteiger partial charge in [0, 0.05) is 18.2 Å². The zero-order chi connectivity index (χ0) is 15.1. The fraction of sp³-hybridized carbons (Fsp3) is 0.500. The van der Waals surface area contributed by atoms with Gasteiger partial charge in [-0.1, -0.05) is 13.8 Å². The molecule has 21 heavy (non-hydrogen) atoms. The van der Waals surface area contributed by atoms with Gasteiger partial charge in [0.15, 0.2) is 0 Å². The van der Waals surface area contributed by atoms with Gasteiger partial charge in [0.2, 0.25) is 0 Å². The van der Waals surface area contributed by atoms with Gasteiger partial charge < -0.3 is 15.8 Å². The Kier molecular flexibility index (Phi) is 8.89. The number of carbonyl (C=O) groups is 1. The van der Waals surface area contributed by atoms with Gasteiger partial charge in [0.25, 0.3) is 5.91 Å². The fourth-order valence-corrected chi connectivity index (χ4v) is 1.84. The third kappa shape index (κ3) is 7.24. The van der Waals surface area contributed by atoms with E-state index in [4.69, 9.17) is 5.73 Å². The lowest BCUT2D eigenvalue weighted by molar-refractivity contribution is -0.0498. The molecule has 1 aromatic carbocycles. The van der Waals surface area contributed by atoms with E-state index >= 15 is 0 Å². The average Bonchev–Trinajstić information content (AvgIpc) is 2.37. The van der Waals surface area contributed by atoms with E-state index in [0.29, 0.717) is 18.0 Å². The van der Waals surface area contributed by atoms with Crippen molar-refractivity contribution in [2.75, 3.05) is 6.54 Å². The van der Waals surface area contributed by atoms with Crippen LogP contribution in [0.1, 0.15) is 30.6 Å². The second-order valence-corrected chi connectivity index (χ2v) is 4.94. The molecule has 0 spiro atoms. The lowest BCUT2D eigenvalue weighted by Gasteiger charge is -2.18. The molecule has 0 bridgehead atoms. The number of amides is 1. The van der Waals surface area contributed by atoms with Crippen LogP contribution in [0.2, 0.25) is 0 Å². The minimum atomic E-state index is -2.87. The van der Waals surface area contributed by atoms with Crippen molar-refractivity contribution in [1.29, 1.82) is 0 Å². The van der Waals surface area contributed by atoms with Crippen LogP contribution in [0.5, 0.6) is 5.75 Å². The maximum Gasteiger partial charge on any atom is 0.387 e. The normalized spacial score (nSPS) is 12.0. The Bertz CT molecular complexity index is 427. The zero-order valence-electron chi connectivity index (χ0n) is 12.0. The maximum absolute atomic E-state index is 12.0. The topological polar surface area (TPSA) is 64.3 Å². The molecule has 120 valence electrons. The van der Waals surface area contributed by atoms with Crippen LogP contribution in [-0.4, -0.2) is 25.1 Å². The molecule has 1 atom stereocenters. The highest BCUT2D eigenvalue weighted by atomic mass is 35.5. The smallest absolute Gasteiger partial charge is 0.387 e. The highest BCUT2D eigenvalue weighted by molar-refractivity contribution is 5.94. The van der Waals surface area contributed by atoms with Crippen LogP contribution >= 0.6 is 12.4 Å². The molecular weight excluding hydrogens is 302 g/mol. The van der Waals surface area contributed by atoms with Crippen LogP contribution in [0, 0.1) is 5.92 Å². The van der Waals surface area contributed by atoms with Crippen molar-refractivity contribution in [3.8, 4) is 5.75 Å². The summed E-state index contributed by atoms with van der Waals surface area (Å²) < 4.78 is 28.2. The molecule has 0 aliphatic heterocycles. The summed E-state index contributed by atoms with van der Waals surface area (Å²) in [4.78, 5) is 12.0. The predicted molar refractivity (Wildman–Crippen MR) is 80.1 cm³/mol. The molecule has 0 aromatic heterocycles. The molecule has 0 heterocycles. The molecule has 0 saturated heterocycles. The fourth-order valence-electron chi connectivity index (χ4n) is 1.84. The Morgan fingerprint density at radius 3 is 2.29 bits per heavy atom. The number of rotatable bonds is 7. The lowest BCUT2D eigenvalue weighted by Crippen LogP contribution is -2.41. The highest BCUT2D eigenvalue weighted by Gasteiger charge is 2.14. The van der Waals surface area contributed by atoms with Gasteiger partial charge in [-0.15, -0.1) is 12.4 Å². The monoisotopic (exact) mass is 322 g/mol. The van der Waals surface area contributed by atoms with Crippen molar-refractivity contribution < 1.29 is 18.3 Å². The van der Waals surface area contributed by atoms with Crippen molar-refractivity contribution in [3.63, 3.8) is 0 Å². The number of carbonyl (C=O) groups excluding carboxylic acids is 1. The summed E-state index contributed by atoms with van der Waals surface area (Å²) in [6.07, 6.45) is 0.787.